The normalized spacial score (nSPS) is 23.6. The van der Waals surface area contributed by atoms with Crippen LogP contribution in [-0.2, 0) is 14.4 Å². The van der Waals surface area contributed by atoms with Crippen molar-refractivity contribution in [1.29, 1.82) is 0 Å². The van der Waals surface area contributed by atoms with Gasteiger partial charge >= 0.3 is 0 Å². The third-order valence-corrected chi connectivity index (χ3v) is 5.40. The van der Waals surface area contributed by atoms with Gasteiger partial charge in [-0.1, -0.05) is 12.1 Å². The van der Waals surface area contributed by atoms with Gasteiger partial charge in [-0.25, -0.2) is 0 Å². The average molecular weight is 357 g/mol. The van der Waals surface area contributed by atoms with Crippen LogP contribution in [-0.4, -0.2) is 60.4 Å². The highest BCUT2D eigenvalue weighted by atomic mass is 16.5. The van der Waals surface area contributed by atoms with E-state index in [-0.39, 0.29) is 30.2 Å². The molecule has 26 heavy (non-hydrogen) atoms. The van der Waals surface area contributed by atoms with E-state index >= 15 is 0 Å². The van der Waals surface area contributed by atoms with Crippen LogP contribution in [0.5, 0.6) is 5.75 Å². The van der Waals surface area contributed by atoms with Crippen LogP contribution in [0.1, 0.15) is 25.7 Å². The fourth-order valence-electron chi connectivity index (χ4n) is 3.81. The minimum atomic E-state index is -0.287. The summed E-state index contributed by atoms with van der Waals surface area (Å²) in [6.45, 7) is 0.877. The van der Waals surface area contributed by atoms with Crippen LogP contribution < -0.4 is 9.64 Å². The molecule has 1 aromatic carbocycles. The summed E-state index contributed by atoms with van der Waals surface area (Å²) >= 11 is 0. The van der Waals surface area contributed by atoms with E-state index in [1.807, 2.05) is 23.1 Å². The zero-order chi connectivity index (χ0) is 18.3. The van der Waals surface area contributed by atoms with Gasteiger partial charge in [-0.2, -0.15) is 0 Å². The second-order valence-corrected chi connectivity index (χ2v) is 7.18. The number of nitrogens with zero attached hydrogens (tertiary/aromatic N) is 3. The van der Waals surface area contributed by atoms with Gasteiger partial charge in [0.2, 0.25) is 17.7 Å². The SMILES string of the molecule is COc1ccccc1N1CC(C(=O)N2CC(=O)N(C3CC3)C2)CCC1=O. The van der Waals surface area contributed by atoms with Gasteiger partial charge < -0.3 is 19.4 Å². The molecule has 2 aliphatic heterocycles. The van der Waals surface area contributed by atoms with Crippen LogP contribution in [0.15, 0.2) is 24.3 Å². The Hall–Kier alpha value is -2.57. The molecule has 0 spiro atoms. The highest BCUT2D eigenvalue weighted by molar-refractivity contribution is 5.98. The third-order valence-electron chi connectivity index (χ3n) is 5.40. The number of anilines is 1. The van der Waals surface area contributed by atoms with Gasteiger partial charge in [-0.05, 0) is 31.4 Å². The molecule has 3 amide bonds. The van der Waals surface area contributed by atoms with Crippen molar-refractivity contribution >= 4 is 23.4 Å². The first-order valence-corrected chi connectivity index (χ1v) is 9.10. The second kappa shape index (κ2) is 6.63. The molecule has 0 bridgehead atoms. The topological polar surface area (TPSA) is 70.2 Å². The van der Waals surface area contributed by atoms with Crippen molar-refractivity contribution < 1.29 is 19.1 Å². The molecule has 2 heterocycles. The van der Waals surface area contributed by atoms with Crippen molar-refractivity contribution in [3.05, 3.63) is 24.3 Å². The Bertz CT molecular complexity index is 746. The summed E-state index contributed by atoms with van der Waals surface area (Å²) < 4.78 is 5.36. The number of benzene rings is 1. The highest BCUT2D eigenvalue weighted by Crippen LogP contribution is 2.34. The number of hydrogen-bond acceptors (Lipinski definition) is 4. The molecule has 1 saturated carbocycles. The number of amides is 3. The van der Waals surface area contributed by atoms with E-state index in [0.29, 0.717) is 43.5 Å². The summed E-state index contributed by atoms with van der Waals surface area (Å²) in [5.74, 6) is 0.327. The van der Waals surface area contributed by atoms with Crippen molar-refractivity contribution in [2.75, 3.05) is 31.8 Å². The molecule has 2 saturated heterocycles. The van der Waals surface area contributed by atoms with Gasteiger partial charge in [0.25, 0.3) is 0 Å². The van der Waals surface area contributed by atoms with Gasteiger partial charge in [-0.15, -0.1) is 0 Å². The number of hydrogen-bond donors (Lipinski definition) is 0. The van der Waals surface area contributed by atoms with Gasteiger partial charge in [0.05, 0.1) is 25.4 Å². The van der Waals surface area contributed by atoms with Crippen molar-refractivity contribution in [3.63, 3.8) is 0 Å². The van der Waals surface area contributed by atoms with Crippen LogP contribution in [0, 0.1) is 5.92 Å². The summed E-state index contributed by atoms with van der Waals surface area (Å²) in [6.07, 6.45) is 2.92. The molecular formula is C19H23N3O4. The minimum Gasteiger partial charge on any atom is -0.495 e. The maximum atomic E-state index is 13.0. The van der Waals surface area contributed by atoms with Crippen LogP contribution in [0.2, 0.25) is 0 Å². The van der Waals surface area contributed by atoms with Crippen molar-refractivity contribution in [2.45, 2.75) is 31.7 Å². The number of ether oxygens (including phenoxy) is 1. The predicted octanol–water partition coefficient (Wildman–Crippen LogP) is 1.23. The zero-order valence-electron chi connectivity index (χ0n) is 14.9. The molecule has 1 aliphatic carbocycles. The Kier molecular flexibility index (Phi) is 4.30. The molecule has 3 aliphatic rings. The van der Waals surface area contributed by atoms with Crippen molar-refractivity contribution in [1.82, 2.24) is 9.80 Å². The fourth-order valence-corrected chi connectivity index (χ4v) is 3.81. The van der Waals surface area contributed by atoms with E-state index in [4.69, 9.17) is 4.74 Å². The summed E-state index contributed by atoms with van der Waals surface area (Å²) in [4.78, 5) is 42.6. The van der Waals surface area contributed by atoms with Gasteiger partial charge in [-0.3, -0.25) is 14.4 Å². The molecule has 0 N–H and O–H groups in total. The van der Waals surface area contributed by atoms with Gasteiger partial charge in [0, 0.05) is 19.0 Å². The minimum absolute atomic E-state index is 0.00402. The lowest BCUT2D eigenvalue weighted by Crippen LogP contribution is -2.47. The standard InChI is InChI=1S/C19H23N3O4/c1-26-16-5-3-2-4-15(16)21-10-13(6-9-17(21)23)19(25)20-11-18(24)22(12-20)14-7-8-14/h2-5,13-14H,6-12H2,1H3. The molecule has 1 aromatic rings. The Morgan fingerprint density at radius 2 is 1.88 bits per heavy atom. The number of carbonyl (C=O) groups is 3. The summed E-state index contributed by atoms with van der Waals surface area (Å²) in [7, 11) is 1.57. The smallest absolute Gasteiger partial charge is 0.243 e. The van der Waals surface area contributed by atoms with E-state index in [1.165, 1.54) is 0 Å². The summed E-state index contributed by atoms with van der Waals surface area (Å²) in [5, 5.41) is 0. The van der Waals surface area contributed by atoms with Crippen LogP contribution >= 0.6 is 0 Å². The van der Waals surface area contributed by atoms with E-state index in [9.17, 15) is 14.4 Å². The van der Waals surface area contributed by atoms with Crippen LogP contribution in [0.3, 0.4) is 0 Å². The number of methoxy groups -OCH3 is 1. The summed E-state index contributed by atoms with van der Waals surface area (Å²) in [6, 6.07) is 7.65. The molecular weight excluding hydrogens is 334 g/mol. The van der Waals surface area contributed by atoms with Gasteiger partial charge in [0.1, 0.15) is 12.3 Å². The zero-order valence-corrected chi connectivity index (χ0v) is 14.9. The Morgan fingerprint density at radius 3 is 2.62 bits per heavy atom. The van der Waals surface area contributed by atoms with Gasteiger partial charge in [0.15, 0.2) is 0 Å². The van der Waals surface area contributed by atoms with E-state index in [0.717, 1.165) is 12.8 Å². The number of piperidine rings is 1. The first-order chi connectivity index (χ1) is 12.6. The first kappa shape index (κ1) is 16.9. The quantitative estimate of drug-likeness (QED) is 0.813. The van der Waals surface area contributed by atoms with E-state index in [2.05, 4.69) is 0 Å². The molecule has 1 unspecified atom stereocenters. The largest absolute Gasteiger partial charge is 0.495 e. The number of rotatable bonds is 4. The molecule has 0 radical (unpaired) electrons. The lowest BCUT2D eigenvalue weighted by molar-refractivity contribution is -0.136. The van der Waals surface area contributed by atoms with E-state index < -0.39 is 0 Å². The fraction of sp³-hybridized carbons (Fsp3) is 0.526. The molecule has 1 atom stereocenters. The Labute approximate surface area is 152 Å². The van der Waals surface area contributed by atoms with Crippen molar-refractivity contribution in [2.24, 2.45) is 5.92 Å². The summed E-state index contributed by atoms with van der Waals surface area (Å²) in [5.41, 5.74) is 0.689. The highest BCUT2D eigenvalue weighted by Gasteiger charge is 2.42. The third kappa shape index (κ3) is 3.02. The molecule has 7 nitrogen and oxygen atoms in total. The molecule has 4 rings (SSSR count). The monoisotopic (exact) mass is 357 g/mol. The van der Waals surface area contributed by atoms with Crippen LogP contribution in [0.4, 0.5) is 5.69 Å². The lowest BCUT2D eigenvalue weighted by atomic mass is 9.95. The maximum Gasteiger partial charge on any atom is 0.243 e. The first-order valence-electron chi connectivity index (χ1n) is 9.10. The number of carbonyl (C=O) groups excluding carboxylic acids is 3. The number of para-hydroxylation sites is 2. The predicted molar refractivity (Wildman–Crippen MR) is 94.5 cm³/mol. The Balaban J connectivity index is 1.48. The molecule has 138 valence electrons. The average Bonchev–Trinajstić information content (AvgIpc) is 3.43. The van der Waals surface area contributed by atoms with Crippen molar-refractivity contribution in [3.8, 4) is 5.75 Å². The van der Waals surface area contributed by atoms with E-state index in [1.54, 1.807) is 23.0 Å². The second-order valence-electron chi connectivity index (χ2n) is 7.18. The lowest BCUT2D eigenvalue weighted by Gasteiger charge is -2.34. The molecule has 0 aromatic heterocycles. The van der Waals surface area contributed by atoms with Crippen LogP contribution in [0.25, 0.3) is 0 Å². The molecule has 3 fully saturated rings. The maximum absolute atomic E-state index is 13.0. The molecule has 7 heteroatoms. The Morgan fingerprint density at radius 1 is 1.12 bits per heavy atom.